The van der Waals surface area contributed by atoms with Crippen molar-refractivity contribution in [3.63, 3.8) is 0 Å². The molecule has 1 aromatic rings. The second kappa shape index (κ2) is 6.86. The van der Waals surface area contributed by atoms with Crippen molar-refractivity contribution < 1.29 is 37.6 Å². The lowest BCUT2D eigenvalue weighted by Gasteiger charge is -2.23. The lowest BCUT2D eigenvalue weighted by Crippen LogP contribution is -2.30. The van der Waals surface area contributed by atoms with E-state index in [1.165, 1.54) is 18.2 Å². The van der Waals surface area contributed by atoms with E-state index in [4.69, 9.17) is 14.2 Å². The molecule has 128 valence electrons. The highest BCUT2D eigenvalue weighted by Gasteiger charge is 2.45. The van der Waals surface area contributed by atoms with Crippen molar-refractivity contribution in [1.29, 1.82) is 0 Å². The fourth-order valence-corrected chi connectivity index (χ4v) is 2.38. The standard InChI is InChI=1S/C15H18F2O6/c16-15(17)22-13-3-1-2-12(14(13)23-15)21-9-10(18)8-20-11-4-6-19-7-5-11/h1-3,10-11,18H,4-9H2. The van der Waals surface area contributed by atoms with E-state index in [9.17, 15) is 13.9 Å². The molecule has 8 heteroatoms. The number of aliphatic hydroxyl groups is 1. The van der Waals surface area contributed by atoms with Gasteiger partial charge in [-0.25, -0.2) is 0 Å². The van der Waals surface area contributed by atoms with Gasteiger partial charge in [0.25, 0.3) is 0 Å². The van der Waals surface area contributed by atoms with Crippen molar-refractivity contribution in [2.45, 2.75) is 31.3 Å². The van der Waals surface area contributed by atoms with Gasteiger partial charge in [-0.2, -0.15) is 0 Å². The van der Waals surface area contributed by atoms with Crippen molar-refractivity contribution in [3.05, 3.63) is 18.2 Å². The molecule has 2 aliphatic heterocycles. The molecule has 0 bridgehead atoms. The lowest BCUT2D eigenvalue weighted by atomic mass is 10.1. The summed E-state index contributed by atoms with van der Waals surface area (Å²) in [4.78, 5) is 0. The van der Waals surface area contributed by atoms with E-state index in [0.29, 0.717) is 13.2 Å². The van der Waals surface area contributed by atoms with Crippen LogP contribution in [0.4, 0.5) is 8.78 Å². The van der Waals surface area contributed by atoms with Crippen LogP contribution in [0.15, 0.2) is 18.2 Å². The van der Waals surface area contributed by atoms with Crippen molar-refractivity contribution in [2.75, 3.05) is 26.4 Å². The molecule has 2 heterocycles. The molecule has 1 aromatic carbocycles. The molecule has 1 saturated heterocycles. The number of ether oxygens (including phenoxy) is 5. The summed E-state index contributed by atoms with van der Waals surface area (Å²) in [6.07, 6.45) is -2.93. The quantitative estimate of drug-likeness (QED) is 0.859. The largest absolute Gasteiger partial charge is 0.586 e. The summed E-state index contributed by atoms with van der Waals surface area (Å²) in [6.45, 7) is 1.31. The number of hydrogen-bond acceptors (Lipinski definition) is 6. The van der Waals surface area contributed by atoms with Gasteiger partial charge in [0.1, 0.15) is 12.7 Å². The summed E-state index contributed by atoms with van der Waals surface area (Å²) in [6, 6.07) is 4.33. The number of rotatable bonds is 6. The maximum atomic E-state index is 13.1. The predicted molar refractivity (Wildman–Crippen MR) is 73.9 cm³/mol. The Labute approximate surface area is 131 Å². The molecule has 1 atom stereocenters. The van der Waals surface area contributed by atoms with Gasteiger partial charge in [0.15, 0.2) is 11.5 Å². The highest BCUT2D eigenvalue weighted by atomic mass is 19.3. The second-order valence-electron chi connectivity index (χ2n) is 5.36. The fourth-order valence-electron chi connectivity index (χ4n) is 2.38. The zero-order valence-electron chi connectivity index (χ0n) is 12.4. The summed E-state index contributed by atoms with van der Waals surface area (Å²) in [5.74, 6) is -0.180. The van der Waals surface area contributed by atoms with Crippen LogP contribution in [0.1, 0.15) is 12.8 Å². The number of aliphatic hydroxyl groups excluding tert-OH is 1. The van der Waals surface area contributed by atoms with E-state index in [1.807, 2.05) is 0 Å². The Morgan fingerprint density at radius 2 is 2.00 bits per heavy atom. The molecule has 1 N–H and O–H groups in total. The lowest BCUT2D eigenvalue weighted by molar-refractivity contribution is -0.287. The Hall–Kier alpha value is -1.64. The van der Waals surface area contributed by atoms with E-state index in [0.717, 1.165) is 12.8 Å². The molecule has 1 fully saturated rings. The van der Waals surface area contributed by atoms with Crippen LogP contribution in [-0.2, 0) is 9.47 Å². The van der Waals surface area contributed by atoms with Gasteiger partial charge < -0.3 is 28.8 Å². The Kier molecular flexibility index (Phi) is 4.84. The monoisotopic (exact) mass is 332 g/mol. The molecule has 0 aliphatic carbocycles. The molecule has 0 amide bonds. The highest BCUT2D eigenvalue weighted by Crippen LogP contribution is 2.46. The van der Waals surface area contributed by atoms with Crippen LogP contribution in [0, 0.1) is 0 Å². The van der Waals surface area contributed by atoms with Gasteiger partial charge in [-0.3, -0.25) is 0 Å². The summed E-state index contributed by atoms with van der Waals surface area (Å²) in [5, 5.41) is 9.89. The SMILES string of the molecule is OC(COc1cccc2c1OC(F)(F)O2)COC1CCOCC1. The van der Waals surface area contributed by atoms with E-state index < -0.39 is 12.4 Å². The van der Waals surface area contributed by atoms with E-state index >= 15 is 0 Å². The van der Waals surface area contributed by atoms with Gasteiger partial charge in [0.2, 0.25) is 5.75 Å². The summed E-state index contributed by atoms with van der Waals surface area (Å²) in [5.41, 5.74) is 0. The second-order valence-corrected chi connectivity index (χ2v) is 5.36. The van der Waals surface area contributed by atoms with Crippen molar-refractivity contribution >= 4 is 0 Å². The highest BCUT2D eigenvalue weighted by molar-refractivity contribution is 5.52. The molecular formula is C15H18F2O6. The first-order valence-corrected chi connectivity index (χ1v) is 7.42. The Balaban J connectivity index is 1.48. The molecule has 1 unspecified atom stereocenters. The molecule has 6 nitrogen and oxygen atoms in total. The minimum absolute atomic E-state index is 0.0646. The third-order valence-corrected chi connectivity index (χ3v) is 3.52. The number of alkyl halides is 2. The van der Waals surface area contributed by atoms with Crippen LogP contribution < -0.4 is 14.2 Å². The Morgan fingerprint density at radius 3 is 2.78 bits per heavy atom. The maximum Gasteiger partial charge on any atom is 0.586 e. The van der Waals surface area contributed by atoms with Crippen LogP contribution in [0.3, 0.4) is 0 Å². The van der Waals surface area contributed by atoms with Crippen LogP contribution in [0.25, 0.3) is 0 Å². The summed E-state index contributed by atoms with van der Waals surface area (Å²) < 4.78 is 51.0. The van der Waals surface area contributed by atoms with Crippen LogP contribution >= 0.6 is 0 Å². The van der Waals surface area contributed by atoms with Gasteiger partial charge >= 0.3 is 6.29 Å². The minimum atomic E-state index is -3.70. The zero-order chi connectivity index (χ0) is 16.3. The van der Waals surface area contributed by atoms with Crippen LogP contribution in [-0.4, -0.2) is 50.0 Å². The normalized spacial score (nSPS) is 21.2. The summed E-state index contributed by atoms with van der Waals surface area (Å²) >= 11 is 0. The van der Waals surface area contributed by atoms with Gasteiger partial charge in [-0.05, 0) is 25.0 Å². The number of benzene rings is 1. The Morgan fingerprint density at radius 1 is 1.22 bits per heavy atom. The van der Waals surface area contributed by atoms with E-state index in [-0.39, 0.29) is 36.6 Å². The van der Waals surface area contributed by atoms with Crippen molar-refractivity contribution in [3.8, 4) is 17.2 Å². The number of halogens is 2. The van der Waals surface area contributed by atoms with Gasteiger partial charge in [-0.1, -0.05) is 6.07 Å². The first kappa shape index (κ1) is 16.2. The van der Waals surface area contributed by atoms with Crippen LogP contribution in [0.2, 0.25) is 0 Å². The molecule has 0 radical (unpaired) electrons. The minimum Gasteiger partial charge on any atom is -0.487 e. The average molecular weight is 332 g/mol. The smallest absolute Gasteiger partial charge is 0.487 e. The van der Waals surface area contributed by atoms with Gasteiger partial charge in [0.05, 0.1) is 12.7 Å². The van der Waals surface area contributed by atoms with E-state index in [2.05, 4.69) is 9.47 Å². The number of para-hydroxylation sites is 1. The van der Waals surface area contributed by atoms with Gasteiger partial charge in [-0.15, -0.1) is 8.78 Å². The molecule has 23 heavy (non-hydrogen) atoms. The molecule has 2 aliphatic rings. The van der Waals surface area contributed by atoms with Crippen molar-refractivity contribution in [1.82, 2.24) is 0 Å². The van der Waals surface area contributed by atoms with E-state index in [1.54, 1.807) is 0 Å². The van der Waals surface area contributed by atoms with Crippen molar-refractivity contribution in [2.24, 2.45) is 0 Å². The van der Waals surface area contributed by atoms with Crippen LogP contribution in [0.5, 0.6) is 17.2 Å². The fraction of sp³-hybridized carbons (Fsp3) is 0.600. The zero-order valence-corrected chi connectivity index (χ0v) is 12.4. The molecule has 0 aromatic heterocycles. The molecule has 0 spiro atoms. The third kappa shape index (κ3) is 4.21. The maximum absolute atomic E-state index is 13.1. The Bertz CT molecular complexity index is 533. The molecule has 0 saturated carbocycles. The topological polar surface area (TPSA) is 66.4 Å². The van der Waals surface area contributed by atoms with Gasteiger partial charge in [0, 0.05) is 13.2 Å². The first-order chi connectivity index (χ1) is 11.0. The summed E-state index contributed by atoms with van der Waals surface area (Å²) in [7, 11) is 0. The molecule has 3 rings (SSSR count). The number of hydrogen-bond donors (Lipinski definition) is 1. The average Bonchev–Trinajstić information content (AvgIpc) is 2.86. The molecular weight excluding hydrogens is 314 g/mol. The first-order valence-electron chi connectivity index (χ1n) is 7.42. The third-order valence-electron chi connectivity index (χ3n) is 3.52. The number of fused-ring (bicyclic) bond motifs is 1. The predicted octanol–water partition coefficient (Wildman–Crippen LogP) is 1.94.